The zero-order chi connectivity index (χ0) is 12.2. The molecule has 0 saturated carbocycles. The van der Waals surface area contributed by atoms with Gasteiger partial charge in [-0.3, -0.25) is 0 Å². The first-order valence-electron chi connectivity index (χ1n) is 6.74. The van der Waals surface area contributed by atoms with E-state index in [4.69, 9.17) is 0 Å². The smallest absolute Gasteiger partial charge is 0.00241 e. The molecule has 2 aromatic rings. The van der Waals surface area contributed by atoms with Crippen LogP contribution in [0.4, 0.5) is 0 Å². The molecular weight excluding hydrogens is 216 g/mol. The Bertz CT molecular complexity index is 537. The van der Waals surface area contributed by atoms with Crippen LogP contribution in [0.3, 0.4) is 0 Å². The van der Waals surface area contributed by atoms with Crippen molar-refractivity contribution in [1.29, 1.82) is 0 Å². The van der Waals surface area contributed by atoms with Crippen LogP contribution < -0.4 is 0 Å². The highest BCUT2D eigenvalue weighted by molar-refractivity contribution is 5.51. The monoisotopic (exact) mass is 234 g/mol. The van der Waals surface area contributed by atoms with E-state index in [9.17, 15) is 0 Å². The highest BCUT2D eigenvalue weighted by Gasteiger charge is 2.16. The van der Waals surface area contributed by atoms with Gasteiger partial charge in [0, 0.05) is 5.92 Å². The maximum atomic E-state index is 2.37. The van der Waals surface area contributed by atoms with E-state index in [-0.39, 0.29) is 0 Å². The predicted molar refractivity (Wildman–Crippen MR) is 77.6 cm³/mol. The Hall–Kier alpha value is -1.82. The Morgan fingerprint density at radius 2 is 1.67 bits per heavy atom. The van der Waals surface area contributed by atoms with Crippen molar-refractivity contribution in [2.45, 2.75) is 25.2 Å². The van der Waals surface area contributed by atoms with E-state index in [1.54, 1.807) is 0 Å². The zero-order valence-electron chi connectivity index (χ0n) is 10.5. The Labute approximate surface area is 109 Å². The number of benzene rings is 2. The van der Waals surface area contributed by atoms with Gasteiger partial charge in [-0.05, 0) is 36.0 Å². The zero-order valence-corrected chi connectivity index (χ0v) is 10.5. The van der Waals surface area contributed by atoms with Gasteiger partial charge in [-0.25, -0.2) is 0 Å². The van der Waals surface area contributed by atoms with Crippen molar-refractivity contribution in [3.05, 3.63) is 77.4 Å². The summed E-state index contributed by atoms with van der Waals surface area (Å²) in [6, 6.07) is 19.4. The molecule has 3 rings (SSSR count). The Balaban J connectivity index is 1.85. The molecule has 1 atom stereocenters. The first-order chi connectivity index (χ1) is 8.93. The van der Waals surface area contributed by atoms with Gasteiger partial charge < -0.3 is 0 Å². The lowest BCUT2D eigenvalue weighted by Crippen LogP contribution is -2.07. The third kappa shape index (κ3) is 2.38. The van der Waals surface area contributed by atoms with Crippen LogP contribution >= 0.6 is 0 Å². The van der Waals surface area contributed by atoms with Gasteiger partial charge in [0.05, 0.1) is 0 Å². The van der Waals surface area contributed by atoms with Crippen LogP contribution in [-0.2, 0) is 6.42 Å². The molecule has 0 heteroatoms. The molecule has 90 valence electrons. The molecule has 0 bridgehead atoms. The molecule has 0 aliphatic heterocycles. The van der Waals surface area contributed by atoms with E-state index >= 15 is 0 Å². The normalized spacial score (nSPS) is 18.8. The SMILES string of the molecule is C(=C\[C@H]1CCCc2ccccc21)/c1ccccc1. The van der Waals surface area contributed by atoms with E-state index in [1.165, 1.54) is 36.0 Å². The molecule has 0 aromatic heterocycles. The second-order valence-electron chi connectivity index (χ2n) is 4.97. The fraction of sp³-hybridized carbons (Fsp3) is 0.222. The number of hydrogen-bond acceptors (Lipinski definition) is 0. The minimum Gasteiger partial charge on any atom is -0.0764 e. The Kier molecular flexibility index (Phi) is 3.27. The lowest BCUT2D eigenvalue weighted by atomic mass is 9.82. The van der Waals surface area contributed by atoms with Gasteiger partial charge >= 0.3 is 0 Å². The number of aryl methyl sites for hydroxylation is 1. The van der Waals surface area contributed by atoms with Crippen LogP contribution in [0.2, 0.25) is 0 Å². The van der Waals surface area contributed by atoms with Gasteiger partial charge in [0.25, 0.3) is 0 Å². The maximum Gasteiger partial charge on any atom is 0.00241 e. The molecule has 0 fully saturated rings. The van der Waals surface area contributed by atoms with E-state index in [0.29, 0.717) is 5.92 Å². The van der Waals surface area contributed by atoms with Gasteiger partial charge in [0.15, 0.2) is 0 Å². The fourth-order valence-corrected chi connectivity index (χ4v) is 2.78. The lowest BCUT2D eigenvalue weighted by Gasteiger charge is -2.22. The van der Waals surface area contributed by atoms with E-state index in [1.807, 2.05) is 0 Å². The van der Waals surface area contributed by atoms with E-state index in [0.717, 1.165) is 0 Å². The lowest BCUT2D eigenvalue weighted by molar-refractivity contribution is 0.630. The summed E-state index contributed by atoms with van der Waals surface area (Å²) in [5, 5.41) is 0. The largest absolute Gasteiger partial charge is 0.0764 e. The fourth-order valence-electron chi connectivity index (χ4n) is 2.78. The molecule has 0 saturated heterocycles. The summed E-state index contributed by atoms with van der Waals surface area (Å²) < 4.78 is 0. The highest BCUT2D eigenvalue weighted by atomic mass is 14.2. The Morgan fingerprint density at radius 3 is 2.56 bits per heavy atom. The third-order valence-corrected chi connectivity index (χ3v) is 3.74. The van der Waals surface area contributed by atoms with Crippen LogP contribution in [0.25, 0.3) is 6.08 Å². The second kappa shape index (κ2) is 5.22. The molecule has 0 unspecified atom stereocenters. The van der Waals surface area contributed by atoms with Crippen molar-refractivity contribution < 1.29 is 0 Å². The van der Waals surface area contributed by atoms with Gasteiger partial charge in [-0.2, -0.15) is 0 Å². The molecule has 1 aliphatic carbocycles. The molecular formula is C18H18. The highest BCUT2D eigenvalue weighted by Crippen LogP contribution is 2.32. The summed E-state index contributed by atoms with van der Waals surface area (Å²) in [7, 11) is 0. The van der Waals surface area contributed by atoms with Crippen molar-refractivity contribution in [2.75, 3.05) is 0 Å². The van der Waals surface area contributed by atoms with Crippen LogP contribution in [0.1, 0.15) is 35.4 Å². The number of rotatable bonds is 2. The predicted octanol–water partition coefficient (Wildman–Crippen LogP) is 4.82. The van der Waals surface area contributed by atoms with E-state index < -0.39 is 0 Å². The molecule has 0 nitrogen and oxygen atoms in total. The number of hydrogen-bond donors (Lipinski definition) is 0. The van der Waals surface area contributed by atoms with Gasteiger partial charge in [-0.15, -0.1) is 0 Å². The molecule has 18 heavy (non-hydrogen) atoms. The van der Waals surface area contributed by atoms with Gasteiger partial charge in [0.1, 0.15) is 0 Å². The minimum atomic E-state index is 0.593. The molecule has 0 N–H and O–H groups in total. The first-order valence-corrected chi connectivity index (χ1v) is 6.74. The van der Waals surface area contributed by atoms with Crippen molar-refractivity contribution in [2.24, 2.45) is 0 Å². The molecule has 2 aromatic carbocycles. The minimum absolute atomic E-state index is 0.593. The van der Waals surface area contributed by atoms with Crippen molar-refractivity contribution in [3.8, 4) is 0 Å². The third-order valence-electron chi connectivity index (χ3n) is 3.74. The quantitative estimate of drug-likeness (QED) is 0.699. The topological polar surface area (TPSA) is 0 Å². The first kappa shape index (κ1) is 11.3. The van der Waals surface area contributed by atoms with Crippen molar-refractivity contribution in [3.63, 3.8) is 0 Å². The van der Waals surface area contributed by atoms with Gasteiger partial charge in [0.2, 0.25) is 0 Å². The molecule has 0 heterocycles. The molecule has 0 amide bonds. The number of allylic oxidation sites excluding steroid dienone is 1. The average molecular weight is 234 g/mol. The second-order valence-corrected chi connectivity index (χ2v) is 4.97. The van der Waals surface area contributed by atoms with Crippen LogP contribution in [-0.4, -0.2) is 0 Å². The maximum absolute atomic E-state index is 2.37. The summed E-state index contributed by atoms with van der Waals surface area (Å²) in [5.41, 5.74) is 4.35. The Morgan fingerprint density at radius 1 is 0.889 bits per heavy atom. The van der Waals surface area contributed by atoms with Crippen molar-refractivity contribution >= 4 is 6.08 Å². The number of fused-ring (bicyclic) bond motifs is 1. The van der Waals surface area contributed by atoms with Crippen LogP contribution in [0.5, 0.6) is 0 Å². The molecule has 1 aliphatic rings. The van der Waals surface area contributed by atoms with Crippen LogP contribution in [0, 0.1) is 0 Å². The van der Waals surface area contributed by atoms with Crippen molar-refractivity contribution in [1.82, 2.24) is 0 Å². The standard InChI is InChI=1S/C18H18/c1-2-7-15(8-3-1)13-14-17-11-6-10-16-9-4-5-12-18(16)17/h1-5,7-9,12-14,17H,6,10-11H2/b14-13+/t17-/m1/s1. The van der Waals surface area contributed by atoms with Gasteiger partial charge in [-0.1, -0.05) is 66.7 Å². The molecule has 0 spiro atoms. The average Bonchev–Trinajstić information content (AvgIpc) is 2.46. The van der Waals surface area contributed by atoms with Crippen LogP contribution in [0.15, 0.2) is 60.7 Å². The summed E-state index contributed by atoms with van der Waals surface area (Å²) in [6.07, 6.45) is 8.45. The van der Waals surface area contributed by atoms with E-state index in [2.05, 4.69) is 66.7 Å². The summed E-state index contributed by atoms with van der Waals surface area (Å²) in [6.45, 7) is 0. The molecule has 0 radical (unpaired) electrons. The summed E-state index contributed by atoms with van der Waals surface area (Å²) in [4.78, 5) is 0. The summed E-state index contributed by atoms with van der Waals surface area (Å²) in [5.74, 6) is 0.593. The summed E-state index contributed by atoms with van der Waals surface area (Å²) >= 11 is 0.